The van der Waals surface area contributed by atoms with E-state index >= 15 is 0 Å². The Morgan fingerprint density at radius 1 is 1.41 bits per heavy atom. The van der Waals surface area contributed by atoms with Crippen LogP contribution in [0.5, 0.6) is 0 Å². The molecule has 6 heteroatoms. The molecule has 0 aliphatic carbocycles. The molecule has 2 aromatic rings. The highest BCUT2D eigenvalue weighted by atomic mass is 32.1. The molecule has 1 aliphatic heterocycles. The van der Waals surface area contributed by atoms with Crippen molar-refractivity contribution in [1.82, 2.24) is 10.3 Å². The Hall–Kier alpha value is -2.10. The molecule has 1 fully saturated rings. The van der Waals surface area contributed by atoms with Crippen molar-refractivity contribution in [3.8, 4) is 6.07 Å². The first-order chi connectivity index (χ1) is 10.7. The summed E-state index contributed by atoms with van der Waals surface area (Å²) in [5, 5.41) is 14.2. The normalized spacial score (nSPS) is 15.5. The van der Waals surface area contributed by atoms with Gasteiger partial charge in [0.05, 0.1) is 22.9 Å². The first-order valence-electron chi connectivity index (χ1n) is 7.09. The van der Waals surface area contributed by atoms with Crippen molar-refractivity contribution in [1.29, 1.82) is 5.26 Å². The molecule has 3 rings (SSSR count). The molecule has 112 valence electrons. The number of piperidine rings is 1. The lowest BCUT2D eigenvalue weighted by atomic mass is 9.95. The van der Waals surface area contributed by atoms with Gasteiger partial charge in [0.1, 0.15) is 5.82 Å². The van der Waals surface area contributed by atoms with E-state index in [9.17, 15) is 9.18 Å². The maximum atomic E-state index is 13.9. The van der Waals surface area contributed by atoms with Gasteiger partial charge in [0, 0.05) is 11.3 Å². The number of nitriles is 1. The topological polar surface area (TPSA) is 65.8 Å². The van der Waals surface area contributed by atoms with Crippen LogP contribution >= 0.6 is 11.3 Å². The highest BCUT2D eigenvalue weighted by Crippen LogP contribution is 2.27. The van der Waals surface area contributed by atoms with Crippen molar-refractivity contribution in [2.45, 2.75) is 18.8 Å². The summed E-state index contributed by atoms with van der Waals surface area (Å²) >= 11 is 1.25. The molecule has 0 bridgehead atoms. The van der Waals surface area contributed by atoms with E-state index < -0.39 is 11.6 Å². The minimum absolute atomic E-state index is 0.0368. The number of rotatable bonds is 3. The van der Waals surface area contributed by atoms with Gasteiger partial charge in [0.25, 0.3) is 0 Å². The molecule has 0 atom stereocenters. The van der Waals surface area contributed by atoms with E-state index in [1.165, 1.54) is 23.5 Å². The number of aromatic nitrogens is 1. The van der Waals surface area contributed by atoms with Crippen molar-refractivity contribution in [3.63, 3.8) is 0 Å². The third-order valence-corrected chi connectivity index (χ3v) is 4.68. The van der Waals surface area contributed by atoms with Crippen LogP contribution in [-0.4, -0.2) is 23.9 Å². The number of hydrogen-bond donors (Lipinski definition) is 1. The fourth-order valence-corrected chi connectivity index (χ4v) is 3.43. The summed E-state index contributed by atoms with van der Waals surface area (Å²) in [5.41, 5.74) is 1.08. The van der Waals surface area contributed by atoms with Crippen molar-refractivity contribution >= 4 is 17.1 Å². The lowest BCUT2D eigenvalue weighted by molar-refractivity contribution is 0.103. The van der Waals surface area contributed by atoms with Crippen LogP contribution in [0.2, 0.25) is 0 Å². The fourth-order valence-electron chi connectivity index (χ4n) is 2.58. The summed E-state index contributed by atoms with van der Waals surface area (Å²) in [6, 6.07) is 5.72. The van der Waals surface area contributed by atoms with E-state index in [1.54, 1.807) is 0 Å². The van der Waals surface area contributed by atoms with Gasteiger partial charge in [0.2, 0.25) is 5.78 Å². The van der Waals surface area contributed by atoms with Crippen LogP contribution < -0.4 is 5.32 Å². The molecule has 0 amide bonds. The lowest BCUT2D eigenvalue weighted by Crippen LogP contribution is -2.26. The highest BCUT2D eigenvalue weighted by Gasteiger charge is 2.22. The average Bonchev–Trinajstić information content (AvgIpc) is 3.05. The summed E-state index contributed by atoms with van der Waals surface area (Å²) in [6.07, 6.45) is 2.01. The van der Waals surface area contributed by atoms with Gasteiger partial charge >= 0.3 is 0 Å². The summed E-state index contributed by atoms with van der Waals surface area (Å²) < 4.78 is 13.9. The van der Waals surface area contributed by atoms with E-state index in [4.69, 9.17) is 5.26 Å². The average molecular weight is 315 g/mol. The van der Waals surface area contributed by atoms with Gasteiger partial charge in [-0.15, -0.1) is 11.3 Å². The minimum atomic E-state index is -0.678. The standard InChI is InChI=1S/C16H14FN3OS/c17-13-7-10(8-18)1-2-12(13)15(21)16-20-14(9-22-16)11-3-5-19-6-4-11/h1-2,7,9,11,19H,3-6H2. The Morgan fingerprint density at radius 2 is 2.18 bits per heavy atom. The van der Waals surface area contributed by atoms with Crippen molar-refractivity contribution in [2.75, 3.05) is 13.1 Å². The highest BCUT2D eigenvalue weighted by molar-refractivity contribution is 7.12. The second kappa shape index (κ2) is 6.34. The van der Waals surface area contributed by atoms with Crippen LogP contribution in [0.3, 0.4) is 0 Å². The van der Waals surface area contributed by atoms with Crippen molar-refractivity contribution < 1.29 is 9.18 Å². The number of hydrogen-bond acceptors (Lipinski definition) is 5. The first-order valence-corrected chi connectivity index (χ1v) is 7.97. The number of nitrogens with zero attached hydrogens (tertiary/aromatic N) is 2. The van der Waals surface area contributed by atoms with E-state index in [0.29, 0.717) is 10.9 Å². The van der Waals surface area contributed by atoms with Crippen LogP contribution in [0.1, 0.15) is 45.4 Å². The second-order valence-electron chi connectivity index (χ2n) is 5.24. The SMILES string of the molecule is N#Cc1ccc(C(=O)c2nc(C3CCNCC3)cs2)c(F)c1. The van der Waals surface area contributed by atoms with Gasteiger partial charge in [-0.25, -0.2) is 9.37 Å². The zero-order chi connectivity index (χ0) is 15.5. The molecule has 1 N–H and O–H groups in total. The Bertz CT molecular complexity index is 744. The molecule has 1 aromatic heterocycles. The molecule has 0 radical (unpaired) electrons. The number of thiazole rings is 1. The Morgan fingerprint density at radius 3 is 2.86 bits per heavy atom. The van der Waals surface area contributed by atoms with E-state index in [-0.39, 0.29) is 11.1 Å². The molecular formula is C16H14FN3OS. The fraction of sp³-hybridized carbons (Fsp3) is 0.312. The minimum Gasteiger partial charge on any atom is -0.317 e. The number of nitrogens with one attached hydrogen (secondary N) is 1. The predicted octanol–water partition coefficient (Wildman–Crippen LogP) is 2.85. The molecule has 22 heavy (non-hydrogen) atoms. The molecule has 1 aliphatic rings. The maximum Gasteiger partial charge on any atom is 0.224 e. The van der Waals surface area contributed by atoms with Crippen LogP contribution in [0.25, 0.3) is 0 Å². The smallest absolute Gasteiger partial charge is 0.224 e. The quantitative estimate of drug-likeness (QED) is 0.885. The van der Waals surface area contributed by atoms with Gasteiger partial charge in [-0.05, 0) is 44.1 Å². The van der Waals surface area contributed by atoms with Crippen LogP contribution in [0.4, 0.5) is 4.39 Å². The molecule has 1 saturated heterocycles. The van der Waals surface area contributed by atoms with Crippen LogP contribution in [-0.2, 0) is 0 Å². The molecule has 0 unspecified atom stereocenters. The van der Waals surface area contributed by atoms with Crippen molar-refractivity contribution in [2.24, 2.45) is 0 Å². The van der Waals surface area contributed by atoms with Gasteiger partial charge in [0.15, 0.2) is 5.01 Å². The van der Waals surface area contributed by atoms with Gasteiger partial charge in [-0.3, -0.25) is 4.79 Å². The number of benzene rings is 1. The van der Waals surface area contributed by atoms with E-state index in [1.807, 2.05) is 11.4 Å². The summed E-state index contributed by atoms with van der Waals surface area (Å²) in [7, 11) is 0. The predicted molar refractivity (Wildman–Crippen MR) is 81.5 cm³/mol. The third-order valence-electron chi connectivity index (χ3n) is 3.82. The Labute approximate surface area is 131 Å². The maximum absolute atomic E-state index is 13.9. The molecule has 0 saturated carbocycles. The van der Waals surface area contributed by atoms with Crippen LogP contribution in [0, 0.1) is 17.1 Å². The lowest BCUT2D eigenvalue weighted by Gasteiger charge is -2.20. The number of carbonyl (C=O) groups excluding carboxylic acids is 1. The Balaban J connectivity index is 1.84. The molecule has 0 spiro atoms. The zero-order valence-electron chi connectivity index (χ0n) is 11.8. The summed E-state index contributed by atoms with van der Waals surface area (Å²) in [5.74, 6) is -0.736. The van der Waals surface area contributed by atoms with E-state index in [2.05, 4.69) is 10.3 Å². The number of carbonyl (C=O) groups is 1. The van der Waals surface area contributed by atoms with Gasteiger partial charge < -0.3 is 5.32 Å². The monoisotopic (exact) mass is 315 g/mol. The van der Waals surface area contributed by atoms with Gasteiger partial charge in [-0.1, -0.05) is 0 Å². The molecule has 2 heterocycles. The van der Waals surface area contributed by atoms with Gasteiger partial charge in [-0.2, -0.15) is 5.26 Å². The number of ketones is 1. The summed E-state index contributed by atoms with van der Waals surface area (Å²) in [6.45, 7) is 1.91. The van der Waals surface area contributed by atoms with Crippen LogP contribution in [0.15, 0.2) is 23.6 Å². The third kappa shape index (κ3) is 2.91. The first kappa shape index (κ1) is 14.8. The second-order valence-corrected chi connectivity index (χ2v) is 6.10. The zero-order valence-corrected chi connectivity index (χ0v) is 12.6. The molecular weight excluding hydrogens is 301 g/mol. The summed E-state index contributed by atoms with van der Waals surface area (Å²) in [4.78, 5) is 16.8. The molecule has 1 aromatic carbocycles. The van der Waals surface area contributed by atoms with E-state index in [0.717, 1.165) is 37.7 Å². The molecule has 4 nitrogen and oxygen atoms in total. The number of halogens is 1. The Kier molecular flexibility index (Phi) is 4.27. The van der Waals surface area contributed by atoms with Crippen molar-refractivity contribution in [3.05, 3.63) is 51.2 Å². The largest absolute Gasteiger partial charge is 0.317 e.